The lowest BCUT2D eigenvalue weighted by Gasteiger charge is -2.16. The van der Waals surface area contributed by atoms with Gasteiger partial charge in [-0.25, -0.2) is 4.39 Å². The van der Waals surface area contributed by atoms with Gasteiger partial charge in [0.2, 0.25) is 0 Å². The number of carbonyl (C=O) groups excluding carboxylic acids is 2. The van der Waals surface area contributed by atoms with Crippen molar-refractivity contribution in [2.75, 3.05) is 5.32 Å². The lowest BCUT2D eigenvalue weighted by molar-refractivity contribution is -0.137. The van der Waals surface area contributed by atoms with Crippen LogP contribution in [0.4, 0.5) is 10.1 Å². The van der Waals surface area contributed by atoms with Crippen molar-refractivity contribution < 1.29 is 14.0 Å². The highest BCUT2D eigenvalue weighted by molar-refractivity contribution is 6.36. The summed E-state index contributed by atoms with van der Waals surface area (Å²) in [5.41, 5.74) is 6.89. The number of halogens is 1. The number of benzene rings is 3. The van der Waals surface area contributed by atoms with E-state index in [2.05, 4.69) is 5.32 Å². The Morgan fingerprint density at radius 2 is 1.44 bits per heavy atom. The van der Waals surface area contributed by atoms with E-state index in [-0.39, 0.29) is 24.0 Å². The topological polar surface area (TPSA) is 49.4 Å². The van der Waals surface area contributed by atoms with Gasteiger partial charge in [-0.15, -0.1) is 0 Å². The zero-order chi connectivity index (χ0) is 23.0. The van der Waals surface area contributed by atoms with E-state index in [1.54, 1.807) is 12.1 Å². The van der Waals surface area contributed by atoms with E-state index in [0.29, 0.717) is 11.1 Å². The van der Waals surface area contributed by atoms with Crippen LogP contribution in [-0.2, 0) is 16.1 Å². The van der Waals surface area contributed by atoms with Crippen molar-refractivity contribution in [2.45, 2.75) is 34.2 Å². The molecule has 1 N–H and O–H groups in total. The maximum Gasteiger partial charge on any atom is 0.278 e. The molecule has 0 atom stereocenters. The van der Waals surface area contributed by atoms with Crippen molar-refractivity contribution in [1.29, 1.82) is 0 Å². The van der Waals surface area contributed by atoms with Crippen molar-refractivity contribution >= 4 is 23.1 Å². The monoisotopic (exact) mass is 428 g/mol. The van der Waals surface area contributed by atoms with Crippen LogP contribution in [0.25, 0.3) is 5.57 Å². The number of carbonyl (C=O) groups is 2. The molecule has 3 aromatic carbocycles. The van der Waals surface area contributed by atoms with E-state index in [1.165, 1.54) is 17.0 Å². The van der Waals surface area contributed by atoms with Crippen LogP contribution in [-0.4, -0.2) is 16.7 Å². The minimum Gasteiger partial charge on any atom is -0.350 e. The maximum absolute atomic E-state index is 13.5. The average Bonchev–Trinajstić information content (AvgIpc) is 2.93. The lowest BCUT2D eigenvalue weighted by Crippen LogP contribution is -2.32. The Hall–Kier alpha value is -3.73. The molecule has 0 aromatic heterocycles. The van der Waals surface area contributed by atoms with Crippen LogP contribution in [0.15, 0.2) is 66.4 Å². The molecular formula is C27H25FN2O2. The van der Waals surface area contributed by atoms with E-state index in [1.807, 2.05) is 64.1 Å². The Morgan fingerprint density at radius 3 is 2.06 bits per heavy atom. The van der Waals surface area contributed by atoms with E-state index in [0.717, 1.165) is 33.5 Å². The first-order chi connectivity index (χ1) is 15.2. The van der Waals surface area contributed by atoms with Gasteiger partial charge in [0.15, 0.2) is 0 Å². The highest BCUT2D eigenvalue weighted by Gasteiger charge is 2.39. The molecule has 2 amide bonds. The molecule has 4 nitrogen and oxygen atoms in total. The molecule has 3 aromatic rings. The minimum atomic E-state index is -0.395. The number of imide groups is 1. The molecule has 1 aliphatic heterocycles. The van der Waals surface area contributed by atoms with Crippen molar-refractivity contribution in [2.24, 2.45) is 0 Å². The summed E-state index contributed by atoms with van der Waals surface area (Å²) in [7, 11) is 0. The molecule has 0 bridgehead atoms. The molecule has 0 spiro atoms. The summed E-state index contributed by atoms with van der Waals surface area (Å²) in [5.74, 6) is -1.12. The van der Waals surface area contributed by atoms with Gasteiger partial charge in [-0.2, -0.15) is 0 Å². The van der Waals surface area contributed by atoms with Crippen LogP contribution in [0.1, 0.15) is 33.4 Å². The molecule has 0 radical (unpaired) electrons. The third kappa shape index (κ3) is 4.19. The molecule has 1 heterocycles. The molecular weight excluding hydrogens is 403 g/mol. The van der Waals surface area contributed by atoms with Crippen LogP contribution < -0.4 is 5.32 Å². The standard InChI is InChI=1S/C27H25FN2O2/c1-16-5-10-23(19(4)12-16)24-25(29-22-13-17(2)11-18(3)14-22)27(32)30(26(24)31)15-20-6-8-21(28)9-7-20/h5-14,29H,15H2,1-4H3. The molecule has 5 heteroatoms. The zero-order valence-electron chi connectivity index (χ0n) is 18.6. The van der Waals surface area contributed by atoms with E-state index >= 15 is 0 Å². The summed E-state index contributed by atoms with van der Waals surface area (Å²) in [5, 5.41) is 3.23. The van der Waals surface area contributed by atoms with E-state index < -0.39 is 5.91 Å². The molecule has 0 fully saturated rings. The van der Waals surface area contributed by atoms with Gasteiger partial charge in [-0.3, -0.25) is 14.5 Å². The molecule has 0 aliphatic carbocycles. The maximum atomic E-state index is 13.5. The summed E-state index contributed by atoms with van der Waals surface area (Å²) in [6.45, 7) is 7.97. The summed E-state index contributed by atoms with van der Waals surface area (Å²) in [4.78, 5) is 28.1. The van der Waals surface area contributed by atoms with Crippen molar-refractivity contribution in [3.63, 3.8) is 0 Å². The first kappa shape index (κ1) is 21.5. The number of aryl methyl sites for hydroxylation is 4. The number of anilines is 1. The predicted octanol–water partition coefficient (Wildman–Crippen LogP) is 5.45. The number of amides is 2. The second kappa shape index (κ2) is 8.42. The van der Waals surface area contributed by atoms with Gasteiger partial charge in [0, 0.05) is 5.69 Å². The third-order valence-corrected chi connectivity index (χ3v) is 5.56. The fourth-order valence-electron chi connectivity index (χ4n) is 4.14. The molecule has 1 aliphatic rings. The van der Waals surface area contributed by atoms with Gasteiger partial charge in [0.25, 0.3) is 11.8 Å². The Bertz CT molecular complexity index is 1240. The molecule has 162 valence electrons. The van der Waals surface area contributed by atoms with Crippen LogP contribution >= 0.6 is 0 Å². The second-order valence-corrected chi connectivity index (χ2v) is 8.39. The van der Waals surface area contributed by atoms with Gasteiger partial charge < -0.3 is 5.32 Å². The molecule has 0 unspecified atom stereocenters. The van der Waals surface area contributed by atoms with Crippen LogP contribution in [0.3, 0.4) is 0 Å². The number of hydrogen-bond acceptors (Lipinski definition) is 3. The summed E-state index contributed by atoms with van der Waals surface area (Å²) in [6, 6.07) is 17.6. The largest absolute Gasteiger partial charge is 0.350 e. The third-order valence-electron chi connectivity index (χ3n) is 5.56. The Balaban J connectivity index is 1.79. The van der Waals surface area contributed by atoms with Gasteiger partial charge in [-0.1, -0.05) is 42.0 Å². The highest BCUT2D eigenvalue weighted by atomic mass is 19.1. The SMILES string of the molecule is Cc1cc(C)cc(NC2=C(c3ccc(C)cc3C)C(=O)N(Cc3ccc(F)cc3)C2=O)c1. The first-order valence-electron chi connectivity index (χ1n) is 10.5. The van der Waals surface area contributed by atoms with Gasteiger partial charge >= 0.3 is 0 Å². The summed E-state index contributed by atoms with van der Waals surface area (Å²) >= 11 is 0. The number of rotatable bonds is 5. The normalized spacial score (nSPS) is 13.8. The van der Waals surface area contributed by atoms with E-state index in [4.69, 9.17) is 0 Å². The van der Waals surface area contributed by atoms with Crippen LogP contribution in [0, 0.1) is 33.5 Å². The second-order valence-electron chi connectivity index (χ2n) is 8.39. The molecule has 0 saturated carbocycles. The number of hydrogen-bond donors (Lipinski definition) is 1. The van der Waals surface area contributed by atoms with Gasteiger partial charge in [-0.05, 0) is 79.8 Å². The smallest absolute Gasteiger partial charge is 0.278 e. The fourth-order valence-corrected chi connectivity index (χ4v) is 4.14. The Labute approximate surface area is 187 Å². The zero-order valence-corrected chi connectivity index (χ0v) is 18.6. The van der Waals surface area contributed by atoms with Gasteiger partial charge in [0.05, 0.1) is 12.1 Å². The van der Waals surface area contributed by atoms with Crippen molar-refractivity contribution in [1.82, 2.24) is 4.90 Å². The number of nitrogens with one attached hydrogen (secondary N) is 1. The van der Waals surface area contributed by atoms with Crippen molar-refractivity contribution in [3.05, 3.63) is 106 Å². The molecule has 4 rings (SSSR count). The Kier molecular flexibility index (Phi) is 5.66. The van der Waals surface area contributed by atoms with Crippen LogP contribution in [0.2, 0.25) is 0 Å². The summed E-state index contributed by atoms with van der Waals surface area (Å²) < 4.78 is 13.3. The average molecular weight is 429 g/mol. The highest BCUT2D eigenvalue weighted by Crippen LogP contribution is 2.33. The predicted molar refractivity (Wildman–Crippen MR) is 124 cm³/mol. The number of nitrogens with zero attached hydrogens (tertiary/aromatic N) is 1. The Morgan fingerprint density at radius 1 is 0.781 bits per heavy atom. The lowest BCUT2D eigenvalue weighted by atomic mass is 9.97. The quantitative estimate of drug-likeness (QED) is 0.550. The van der Waals surface area contributed by atoms with Crippen LogP contribution in [0.5, 0.6) is 0 Å². The van der Waals surface area contributed by atoms with E-state index in [9.17, 15) is 14.0 Å². The molecule has 0 saturated heterocycles. The summed E-state index contributed by atoms with van der Waals surface area (Å²) in [6.07, 6.45) is 0. The minimum absolute atomic E-state index is 0.0738. The van der Waals surface area contributed by atoms with Gasteiger partial charge in [0.1, 0.15) is 11.5 Å². The first-order valence-corrected chi connectivity index (χ1v) is 10.5. The fraction of sp³-hybridized carbons (Fsp3) is 0.185. The molecule has 32 heavy (non-hydrogen) atoms. The van der Waals surface area contributed by atoms with Crippen molar-refractivity contribution in [3.8, 4) is 0 Å².